The normalized spacial score (nSPS) is 24.4. The first-order valence-corrected chi connectivity index (χ1v) is 12.2. The van der Waals surface area contributed by atoms with E-state index in [0.29, 0.717) is 16.3 Å². The van der Waals surface area contributed by atoms with Gasteiger partial charge in [0, 0.05) is 20.6 Å². The fourth-order valence-electron chi connectivity index (χ4n) is 5.45. The molecule has 2 fully saturated rings. The van der Waals surface area contributed by atoms with Crippen molar-refractivity contribution in [3.8, 4) is 0 Å². The van der Waals surface area contributed by atoms with Crippen molar-refractivity contribution in [3.63, 3.8) is 0 Å². The molecule has 2 heterocycles. The van der Waals surface area contributed by atoms with Crippen LogP contribution in [-0.4, -0.2) is 29.0 Å². The summed E-state index contributed by atoms with van der Waals surface area (Å²) in [6, 6.07) is 18.4. The van der Waals surface area contributed by atoms with Crippen molar-refractivity contribution < 1.29 is 23.9 Å². The van der Waals surface area contributed by atoms with Gasteiger partial charge in [-0.2, -0.15) is 0 Å². The van der Waals surface area contributed by atoms with Crippen LogP contribution in [-0.2, 0) is 14.3 Å². The Morgan fingerprint density at radius 1 is 0.886 bits per heavy atom. The second-order valence-electron chi connectivity index (χ2n) is 8.98. The van der Waals surface area contributed by atoms with E-state index in [0.717, 1.165) is 14.9 Å². The van der Waals surface area contributed by atoms with Crippen LogP contribution in [0.15, 0.2) is 71.2 Å². The molecule has 0 aromatic heterocycles. The van der Waals surface area contributed by atoms with Crippen molar-refractivity contribution in [1.82, 2.24) is 0 Å². The molecule has 6 rings (SSSR count). The summed E-state index contributed by atoms with van der Waals surface area (Å²) in [5.74, 6) is -4.69. The molecule has 35 heavy (non-hydrogen) atoms. The number of hydrogen-bond acceptors (Lipinski definition) is 5. The standard InChI is InChI=1S/C27H17BrClNO5/c1-13-6-11-16(12-19(13)29)30-25(33)20-21(26(30)34)27(35-22(20)14-7-9-15(28)10-8-14)23(31)17-4-2-3-5-18(17)24(27)32/h2-12,20-22H,1H3. The van der Waals surface area contributed by atoms with E-state index >= 15 is 0 Å². The summed E-state index contributed by atoms with van der Waals surface area (Å²) in [4.78, 5) is 56.2. The van der Waals surface area contributed by atoms with Gasteiger partial charge in [0.25, 0.3) is 0 Å². The van der Waals surface area contributed by atoms with Gasteiger partial charge < -0.3 is 4.74 Å². The van der Waals surface area contributed by atoms with Crippen molar-refractivity contribution in [2.24, 2.45) is 11.8 Å². The van der Waals surface area contributed by atoms with Crippen molar-refractivity contribution in [2.45, 2.75) is 18.6 Å². The van der Waals surface area contributed by atoms with Gasteiger partial charge in [-0.05, 0) is 42.3 Å². The molecule has 174 valence electrons. The zero-order valence-electron chi connectivity index (χ0n) is 18.3. The van der Waals surface area contributed by atoms with E-state index in [1.165, 1.54) is 0 Å². The molecule has 3 aromatic carbocycles. The number of Topliss-reactive ketones (excluding diaryl/α,β-unsaturated/α-hetero) is 2. The summed E-state index contributed by atoms with van der Waals surface area (Å²) in [7, 11) is 0. The lowest BCUT2D eigenvalue weighted by Gasteiger charge is -2.27. The average molecular weight is 551 g/mol. The molecule has 8 heteroatoms. The summed E-state index contributed by atoms with van der Waals surface area (Å²) in [6.45, 7) is 1.81. The molecule has 0 bridgehead atoms. The minimum atomic E-state index is -2.10. The largest absolute Gasteiger partial charge is 0.349 e. The Morgan fingerprint density at radius 2 is 1.51 bits per heavy atom. The number of halogens is 2. The highest BCUT2D eigenvalue weighted by molar-refractivity contribution is 9.10. The monoisotopic (exact) mass is 549 g/mol. The van der Waals surface area contributed by atoms with Crippen LogP contribution in [0.5, 0.6) is 0 Å². The lowest BCUT2D eigenvalue weighted by molar-refractivity contribution is -0.127. The molecule has 2 saturated heterocycles. The van der Waals surface area contributed by atoms with E-state index in [1.807, 2.05) is 6.92 Å². The zero-order valence-corrected chi connectivity index (χ0v) is 20.7. The second-order valence-corrected chi connectivity index (χ2v) is 10.3. The van der Waals surface area contributed by atoms with Crippen molar-refractivity contribution in [1.29, 1.82) is 0 Å². The Labute approximate surface area is 214 Å². The van der Waals surface area contributed by atoms with Gasteiger partial charge in [-0.25, -0.2) is 4.90 Å². The van der Waals surface area contributed by atoms with Crippen LogP contribution in [0, 0.1) is 18.8 Å². The van der Waals surface area contributed by atoms with Crippen LogP contribution in [0.1, 0.15) is 37.9 Å². The van der Waals surface area contributed by atoms with Gasteiger partial charge in [-0.1, -0.05) is 70.0 Å². The van der Waals surface area contributed by atoms with Crippen LogP contribution in [0.25, 0.3) is 0 Å². The lowest BCUT2D eigenvalue weighted by atomic mass is 9.77. The molecular formula is C27H17BrClNO5. The molecule has 2 amide bonds. The van der Waals surface area contributed by atoms with Gasteiger partial charge >= 0.3 is 0 Å². The Bertz CT molecular complexity index is 1430. The molecule has 1 spiro atoms. The fourth-order valence-corrected chi connectivity index (χ4v) is 5.89. The Kier molecular flexibility index (Phi) is 4.90. The Hall–Kier alpha value is -3.13. The maximum atomic E-state index is 13.9. The number of benzene rings is 3. The quantitative estimate of drug-likeness (QED) is 0.327. The highest BCUT2D eigenvalue weighted by Crippen LogP contribution is 2.57. The van der Waals surface area contributed by atoms with E-state index in [2.05, 4.69) is 15.9 Å². The van der Waals surface area contributed by atoms with E-state index < -0.39 is 46.9 Å². The maximum Gasteiger partial charge on any atom is 0.241 e. The second kappa shape index (κ2) is 7.68. The van der Waals surface area contributed by atoms with Gasteiger partial charge in [-0.3, -0.25) is 19.2 Å². The molecule has 0 radical (unpaired) electrons. The SMILES string of the molecule is Cc1ccc(N2C(=O)C3C(c4ccc(Br)cc4)OC4(C(=O)c5ccccc5C4=O)C3C2=O)cc1Cl. The van der Waals surface area contributed by atoms with Crippen LogP contribution in [0.2, 0.25) is 5.02 Å². The molecule has 3 aromatic rings. The maximum absolute atomic E-state index is 13.9. The molecule has 6 nitrogen and oxygen atoms in total. The predicted molar refractivity (Wildman–Crippen MR) is 131 cm³/mol. The first kappa shape index (κ1) is 22.3. The number of imide groups is 1. The number of amides is 2. The molecular weight excluding hydrogens is 534 g/mol. The molecule has 3 aliphatic rings. The van der Waals surface area contributed by atoms with Crippen molar-refractivity contribution in [2.75, 3.05) is 4.90 Å². The van der Waals surface area contributed by atoms with E-state index in [-0.39, 0.29) is 11.1 Å². The number of hydrogen-bond donors (Lipinski definition) is 0. The topological polar surface area (TPSA) is 80.8 Å². The third kappa shape index (κ3) is 2.92. The minimum Gasteiger partial charge on any atom is -0.349 e. The number of carbonyl (C=O) groups is 4. The molecule has 3 unspecified atom stereocenters. The number of carbonyl (C=O) groups excluding carboxylic acids is 4. The van der Waals surface area contributed by atoms with Crippen molar-refractivity contribution in [3.05, 3.63) is 98.5 Å². The summed E-state index contributed by atoms with van der Waals surface area (Å²) >= 11 is 9.68. The Balaban J connectivity index is 1.54. The third-order valence-electron chi connectivity index (χ3n) is 7.13. The summed E-state index contributed by atoms with van der Waals surface area (Å²) in [5.41, 5.74) is -0.0117. The summed E-state index contributed by atoms with van der Waals surface area (Å²) in [6.07, 6.45) is -0.960. The van der Waals surface area contributed by atoms with Crippen LogP contribution in [0.3, 0.4) is 0 Å². The smallest absolute Gasteiger partial charge is 0.241 e. The molecule has 1 aliphatic carbocycles. The number of rotatable bonds is 2. The first-order valence-electron chi connectivity index (χ1n) is 11.0. The van der Waals surface area contributed by atoms with Gasteiger partial charge in [0.05, 0.1) is 23.6 Å². The Morgan fingerprint density at radius 3 is 2.11 bits per heavy atom. The van der Waals surface area contributed by atoms with Crippen LogP contribution >= 0.6 is 27.5 Å². The molecule has 2 aliphatic heterocycles. The highest BCUT2D eigenvalue weighted by atomic mass is 79.9. The highest BCUT2D eigenvalue weighted by Gasteiger charge is 2.74. The van der Waals surface area contributed by atoms with E-state index in [1.54, 1.807) is 66.7 Å². The number of fused-ring (bicyclic) bond motifs is 3. The number of ketones is 2. The minimum absolute atomic E-state index is 0.199. The van der Waals surface area contributed by atoms with E-state index in [9.17, 15) is 19.2 Å². The number of anilines is 1. The molecule has 0 N–H and O–H groups in total. The number of nitrogens with zero attached hydrogens (tertiary/aromatic N) is 1. The van der Waals surface area contributed by atoms with Crippen molar-refractivity contribution >= 4 is 56.6 Å². The first-order chi connectivity index (χ1) is 16.8. The number of ether oxygens (including phenoxy) is 1. The van der Waals surface area contributed by atoms with Gasteiger partial charge in [-0.15, -0.1) is 0 Å². The molecule has 0 saturated carbocycles. The fraction of sp³-hybridized carbons (Fsp3) is 0.185. The van der Waals surface area contributed by atoms with Crippen LogP contribution < -0.4 is 4.90 Å². The number of aryl methyl sites for hydroxylation is 1. The van der Waals surface area contributed by atoms with Gasteiger partial charge in [0.15, 0.2) is 0 Å². The van der Waals surface area contributed by atoms with E-state index in [4.69, 9.17) is 16.3 Å². The predicted octanol–water partition coefficient (Wildman–Crippen LogP) is 5.11. The van der Waals surface area contributed by atoms with Gasteiger partial charge in [0.2, 0.25) is 29.0 Å². The molecule has 3 atom stereocenters. The van der Waals surface area contributed by atoms with Gasteiger partial charge in [0.1, 0.15) is 0 Å². The average Bonchev–Trinajstić information content (AvgIpc) is 3.41. The summed E-state index contributed by atoms with van der Waals surface area (Å²) in [5, 5.41) is 0.399. The third-order valence-corrected chi connectivity index (χ3v) is 8.07. The zero-order chi connectivity index (χ0) is 24.6. The van der Waals surface area contributed by atoms with Crippen LogP contribution in [0.4, 0.5) is 5.69 Å². The summed E-state index contributed by atoms with van der Waals surface area (Å²) < 4.78 is 7.08. The lowest BCUT2D eigenvalue weighted by Crippen LogP contribution is -2.51.